The van der Waals surface area contributed by atoms with E-state index in [2.05, 4.69) is 10.3 Å². The second kappa shape index (κ2) is 11.3. The van der Waals surface area contributed by atoms with Gasteiger partial charge in [-0.1, -0.05) is 23.9 Å². The van der Waals surface area contributed by atoms with Crippen LogP contribution < -0.4 is 5.32 Å². The van der Waals surface area contributed by atoms with Gasteiger partial charge in [-0.05, 0) is 56.7 Å². The molecule has 3 aliphatic heterocycles. The number of hydrogen-bond donors (Lipinski definition) is 1. The van der Waals surface area contributed by atoms with Gasteiger partial charge >= 0.3 is 6.18 Å². The molecule has 4 rings (SSSR count). The van der Waals surface area contributed by atoms with Gasteiger partial charge in [0.15, 0.2) is 5.17 Å². The number of ether oxygens (including phenoxy) is 1. The lowest BCUT2D eigenvalue weighted by Crippen LogP contribution is -2.42. The number of halogens is 3. The highest BCUT2D eigenvalue weighted by Crippen LogP contribution is 2.45. The van der Waals surface area contributed by atoms with Crippen molar-refractivity contribution in [1.29, 1.82) is 0 Å². The Kier molecular flexibility index (Phi) is 8.33. The van der Waals surface area contributed by atoms with E-state index in [-0.39, 0.29) is 24.3 Å². The summed E-state index contributed by atoms with van der Waals surface area (Å²) in [5.41, 5.74) is 1.29. The number of aliphatic imine (C=N–C) groups is 1. The van der Waals surface area contributed by atoms with Crippen LogP contribution >= 0.6 is 11.8 Å². The van der Waals surface area contributed by atoms with Gasteiger partial charge in [-0.2, -0.15) is 13.2 Å². The fourth-order valence-corrected chi connectivity index (χ4v) is 5.72. The zero-order valence-corrected chi connectivity index (χ0v) is 21.9. The van der Waals surface area contributed by atoms with E-state index >= 15 is 0 Å². The number of benzene rings is 1. The van der Waals surface area contributed by atoms with Gasteiger partial charge in [-0.15, -0.1) is 0 Å². The number of thioether (sulfide) groups is 1. The average molecular weight is 537 g/mol. The lowest BCUT2D eigenvalue weighted by Gasteiger charge is -2.38. The summed E-state index contributed by atoms with van der Waals surface area (Å²) in [7, 11) is 0. The van der Waals surface area contributed by atoms with Gasteiger partial charge in [0.05, 0.1) is 35.4 Å². The Balaban J connectivity index is 1.66. The van der Waals surface area contributed by atoms with Gasteiger partial charge in [0.2, 0.25) is 5.91 Å². The number of carbonyl (C=O) groups is 2. The summed E-state index contributed by atoms with van der Waals surface area (Å²) in [4.78, 5) is 34.6. The molecule has 0 bridgehead atoms. The van der Waals surface area contributed by atoms with Crippen LogP contribution in [0.3, 0.4) is 0 Å². The molecule has 7 nitrogen and oxygen atoms in total. The van der Waals surface area contributed by atoms with E-state index < -0.39 is 17.8 Å². The minimum absolute atomic E-state index is 0.00627. The Morgan fingerprint density at radius 1 is 1.22 bits per heavy atom. The topological polar surface area (TPSA) is 74.2 Å². The molecule has 1 N–H and O–H groups in total. The normalized spacial score (nSPS) is 21.5. The van der Waals surface area contributed by atoms with Crippen molar-refractivity contribution in [3.8, 4) is 0 Å². The number of nitrogens with zero attached hydrogens (tertiary/aromatic N) is 3. The van der Waals surface area contributed by atoms with Crippen LogP contribution in [0.1, 0.15) is 57.2 Å². The van der Waals surface area contributed by atoms with Crippen molar-refractivity contribution in [3.05, 3.63) is 57.8 Å². The van der Waals surface area contributed by atoms with E-state index in [1.807, 2.05) is 24.2 Å². The summed E-state index contributed by atoms with van der Waals surface area (Å²) in [6, 6.07) is 4.14. The molecule has 11 heteroatoms. The summed E-state index contributed by atoms with van der Waals surface area (Å²) < 4.78 is 45.4. The smallest absolute Gasteiger partial charge is 0.376 e. The van der Waals surface area contributed by atoms with Gasteiger partial charge in [-0.3, -0.25) is 9.59 Å². The van der Waals surface area contributed by atoms with Crippen LogP contribution in [0.4, 0.5) is 13.2 Å². The van der Waals surface area contributed by atoms with Crippen LogP contribution in [-0.4, -0.2) is 59.1 Å². The highest BCUT2D eigenvalue weighted by atomic mass is 32.2. The summed E-state index contributed by atoms with van der Waals surface area (Å²) in [6.45, 7) is 7.56. The van der Waals surface area contributed by atoms with Gasteiger partial charge < -0.3 is 19.9 Å². The Morgan fingerprint density at radius 2 is 1.92 bits per heavy atom. The van der Waals surface area contributed by atoms with E-state index in [4.69, 9.17) is 4.74 Å². The number of likely N-dealkylation sites (N-methyl/N-ethyl adjacent to an activating group) is 1. The number of allylic oxidation sites excluding steroid dienone is 1. The molecular formula is C26H31F3N4O3S. The molecule has 1 saturated heterocycles. The first-order chi connectivity index (χ1) is 17.6. The average Bonchev–Trinajstić information content (AvgIpc) is 3.52. The summed E-state index contributed by atoms with van der Waals surface area (Å²) in [5, 5.41) is 5.32. The minimum atomic E-state index is -4.47. The number of hydrogen-bond acceptors (Lipinski definition) is 6. The van der Waals surface area contributed by atoms with Crippen molar-refractivity contribution in [3.63, 3.8) is 0 Å². The monoisotopic (exact) mass is 536 g/mol. The fourth-order valence-electron chi connectivity index (χ4n) is 4.75. The molecule has 3 heterocycles. The molecule has 200 valence electrons. The second-order valence-corrected chi connectivity index (χ2v) is 9.94. The number of rotatable bonds is 8. The van der Waals surface area contributed by atoms with Crippen LogP contribution in [0.15, 0.2) is 51.6 Å². The number of nitrogens with one attached hydrogen (secondary N) is 1. The first-order valence-corrected chi connectivity index (χ1v) is 13.3. The Labute approximate surface area is 218 Å². The van der Waals surface area contributed by atoms with Crippen LogP contribution in [-0.2, 0) is 20.5 Å². The molecule has 37 heavy (non-hydrogen) atoms. The lowest BCUT2D eigenvalue weighted by atomic mass is 9.92. The third-order valence-corrected chi connectivity index (χ3v) is 7.62. The first-order valence-electron chi connectivity index (χ1n) is 12.4. The molecule has 2 atom stereocenters. The maximum Gasteiger partial charge on any atom is 0.416 e. The van der Waals surface area contributed by atoms with Gasteiger partial charge in [0.25, 0.3) is 5.91 Å². The molecular weight excluding hydrogens is 505 g/mol. The molecule has 1 aromatic rings. The molecule has 0 saturated carbocycles. The number of carbonyl (C=O) groups excluding carboxylic acids is 2. The van der Waals surface area contributed by atoms with E-state index in [0.717, 1.165) is 25.0 Å². The predicted molar refractivity (Wildman–Crippen MR) is 136 cm³/mol. The third-order valence-electron chi connectivity index (χ3n) is 6.73. The molecule has 2 amide bonds. The van der Waals surface area contributed by atoms with Crippen LogP contribution in [0.2, 0.25) is 0 Å². The van der Waals surface area contributed by atoms with Crippen molar-refractivity contribution in [2.75, 3.05) is 26.2 Å². The van der Waals surface area contributed by atoms with E-state index in [0.29, 0.717) is 53.9 Å². The van der Waals surface area contributed by atoms with E-state index in [9.17, 15) is 22.8 Å². The molecule has 1 aromatic carbocycles. The highest BCUT2D eigenvalue weighted by Gasteiger charge is 2.42. The molecule has 1 fully saturated rings. The molecule has 0 spiro atoms. The van der Waals surface area contributed by atoms with Gasteiger partial charge in [0.1, 0.15) is 0 Å². The largest absolute Gasteiger partial charge is 0.416 e. The highest BCUT2D eigenvalue weighted by molar-refractivity contribution is 8.16. The van der Waals surface area contributed by atoms with E-state index in [1.165, 1.54) is 23.9 Å². The van der Waals surface area contributed by atoms with Crippen molar-refractivity contribution in [2.45, 2.75) is 58.4 Å². The standard InChI is InChI=1S/C26H31F3N4O3S/c1-4-32(5-2)24(35)22-16(3)31-25-33(23(22)17-8-10-18(11-9-17)26(27,28)29)19(15-37-25)13-21(34)30-14-20-7-6-12-36-20/h8-11,15,20,23H,4-7,12-14H2,1-3H3,(H,30,34). The minimum Gasteiger partial charge on any atom is -0.376 e. The number of alkyl halides is 3. The number of amidine groups is 1. The second-order valence-electron chi connectivity index (χ2n) is 9.11. The SMILES string of the molecule is CCN(CC)C(=O)C1=C(C)N=C2SC=C(CC(=O)NCC3CCCO3)N2C1c1ccc(C(F)(F)F)cc1. The summed E-state index contributed by atoms with van der Waals surface area (Å²) in [6.07, 6.45) is -2.55. The Bertz CT molecular complexity index is 1120. The van der Waals surface area contributed by atoms with Crippen molar-refractivity contribution in [1.82, 2.24) is 15.1 Å². The molecule has 0 aromatic heterocycles. The fraction of sp³-hybridized carbons (Fsp3) is 0.500. The van der Waals surface area contributed by atoms with E-state index in [1.54, 1.807) is 11.8 Å². The van der Waals surface area contributed by atoms with Crippen molar-refractivity contribution < 1.29 is 27.5 Å². The molecule has 0 radical (unpaired) electrons. The zero-order chi connectivity index (χ0) is 26.7. The predicted octanol–water partition coefficient (Wildman–Crippen LogP) is 4.83. The lowest BCUT2D eigenvalue weighted by molar-refractivity contribution is -0.137. The number of amides is 2. The maximum absolute atomic E-state index is 13.6. The first kappa shape index (κ1) is 27.3. The quantitative estimate of drug-likeness (QED) is 0.515. The van der Waals surface area contributed by atoms with Gasteiger partial charge in [-0.25, -0.2) is 4.99 Å². The maximum atomic E-state index is 13.6. The molecule has 0 aliphatic carbocycles. The van der Waals surface area contributed by atoms with Crippen LogP contribution in [0.5, 0.6) is 0 Å². The van der Waals surface area contributed by atoms with Crippen LogP contribution in [0.25, 0.3) is 0 Å². The van der Waals surface area contributed by atoms with Crippen molar-refractivity contribution in [2.24, 2.45) is 4.99 Å². The van der Waals surface area contributed by atoms with Crippen molar-refractivity contribution >= 4 is 28.7 Å². The Hall–Kier alpha value is -2.79. The molecule has 2 unspecified atom stereocenters. The summed E-state index contributed by atoms with van der Waals surface area (Å²) in [5.74, 6) is -0.424. The molecule has 3 aliphatic rings. The third kappa shape index (κ3) is 5.87. The zero-order valence-electron chi connectivity index (χ0n) is 21.1. The number of fused-ring (bicyclic) bond motifs is 1. The van der Waals surface area contributed by atoms with Crippen LogP contribution in [0, 0.1) is 0 Å². The summed E-state index contributed by atoms with van der Waals surface area (Å²) >= 11 is 1.33. The Morgan fingerprint density at radius 3 is 2.51 bits per heavy atom. The van der Waals surface area contributed by atoms with Gasteiger partial charge in [0, 0.05) is 31.9 Å².